The number of ether oxygens (including phenoxy) is 3. The van der Waals surface area contributed by atoms with Gasteiger partial charge in [0.2, 0.25) is 5.75 Å². The van der Waals surface area contributed by atoms with Gasteiger partial charge in [0, 0.05) is 6.54 Å². The van der Waals surface area contributed by atoms with Crippen LogP contribution in [0.3, 0.4) is 0 Å². The molecule has 2 N–H and O–H groups in total. The van der Waals surface area contributed by atoms with E-state index in [1.807, 2.05) is 0 Å². The van der Waals surface area contributed by atoms with E-state index in [0.717, 1.165) is 31.5 Å². The van der Waals surface area contributed by atoms with Crippen molar-refractivity contribution in [1.82, 2.24) is 25.6 Å². The number of carbonyl (C=O) groups is 1. The summed E-state index contributed by atoms with van der Waals surface area (Å²) in [4.78, 5) is 12.4. The molecule has 0 saturated carbocycles. The monoisotopic (exact) mass is 411 g/mol. The molecule has 2 heterocycles. The number of nitrogens with zero attached hydrogens (tertiary/aromatic N) is 3. The van der Waals surface area contributed by atoms with Crippen molar-refractivity contribution in [2.75, 3.05) is 34.4 Å². The van der Waals surface area contributed by atoms with E-state index in [1.54, 1.807) is 44.3 Å². The summed E-state index contributed by atoms with van der Waals surface area (Å²) in [5.41, 5.74) is 1.13. The van der Waals surface area contributed by atoms with Gasteiger partial charge in [-0.3, -0.25) is 4.79 Å². The molecule has 1 aromatic carbocycles. The van der Waals surface area contributed by atoms with Crippen LogP contribution in [-0.4, -0.2) is 55.3 Å². The Labute approximate surface area is 170 Å². The Morgan fingerprint density at radius 1 is 1.18 bits per heavy atom. The highest BCUT2D eigenvalue weighted by Crippen LogP contribution is 2.38. The quantitative estimate of drug-likeness (QED) is 0.713. The summed E-state index contributed by atoms with van der Waals surface area (Å²) in [6.07, 6.45) is 3.67. The average molecular weight is 412 g/mol. The number of methoxy groups -OCH3 is 3. The Bertz CT molecular complexity index is 767. The lowest BCUT2D eigenvalue weighted by atomic mass is 10.1. The SMILES string of the molecule is COc1cc(CNC(=O)c2cn(C3CCNCC3)nn2)cc(OC)c1OC.Cl. The molecular formula is C18H26ClN5O4. The van der Waals surface area contributed by atoms with E-state index in [4.69, 9.17) is 14.2 Å². The Balaban J connectivity index is 0.00000280. The van der Waals surface area contributed by atoms with Crippen molar-refractivity contribution in [1.29, 1.82) is 0 Å². The highest BCUT2D eigenvalue weighted by Gasteiger charge is 2.19. The number of benzene rings is 1. The van der Waals surface area contributed by atoms with Crippen molar-refractivity contribution in [2.45, 2.75) is 25.4 Å². The highest BCUT2D eigenvalue weighted by atomic mass is 35.5. The van der Waals surface area contributed by atoms with Crippen molar-refractivity contribution in [2.24, 2.45) is 0 Å². The first kappa shape index (κ1) is 21.8. The molecule has 9 nitrogen and oxygen atoms in total. The lowest BCUT2D eigenvalue weighted by Gasteiger charge is -2.22. The van der Waals surface area contributed by atoms with Gasteiger partial charge in [-0.1, -0.05) is 5.21 Å². The summed E-state index contributed by atoms with van der Waals surface area (Å²) in [5.74, 6) is 1.32. The van der Waals surface area contributed by atoms with Crippen molar-refractivity contribution in [3.63, 3.8) is 0 Å². The number of hydrogen-bond donors (Lipinski definition) is 2. The lowest BCUT2D eigenvalue weighted by molar-refractivity contribution is 0.0945. The zero-order valence-corrected chi connectivity index (χ0v) is 17.0. The van der Waals surface area contributed by atoms with Gasteiger partial charge < -0.3 is 24.8 Å². The molecule has 0 radical (unpaired) electrons. The van der Waals surface area contributed by atoms with Crippen molar-refractivity contribution in [3.05, 3.63) is 29.6 Å². The van der Waals surface area contributed by atoms with E-state index in [9.17, 15) is 4.79 Å². The first-order valence-corrected chi connectivity index (χ1v) is 8.86. The van der Waals surface area contributed by atoms with E-state index in [0.29, 0.717) is 29.5 Å². The molecule has 0 spiro atoms. The minimum atomic E-state index is -0.274. The van der Waals surface area contributed by atoms with Crippen molar-refractivity contribution < 1.29 is 19.0 Å². The third-order valence-electron chi connectivity index (χ3n) is 4.60. The molecule has 2 aromatic rings. The van der Waals surface area contributed by atoms with Crippen LogP contribution in [0.15, 0.2) is 18.3 Å². The number of halogens is 1. The molecule has 1 aromatic heterocycles. The number of hydrogen-bond acceptors (Lipinski definition) is 7. The van der Waals surface area contributed by atoms with Gasteiger partial charge in [0.05, 0.1) is 33.6 Å². The second kappa shape index (κ2) is 10.1. The first-order chi connectivity index (χ1) is 13.2. The van der Waals surface area contributed by atoms with Crippen LogP contribution in [0.25, 0.3) is 0 Å². The molecule has 1 fully saturated rings. The maximum atomic E-state index is 12.4. The highest BCUT2D eigenvalue weighted by molar-refractivity contribution is 5.91. The van der Waals surface area contributed by atoms with E-state index >= 15 is 0 Å². The van der Waals surface area contributed by atoms with Gasteiger partial charge in [0.1, 0.15) is 0 Å². The Morgan fingerprint density at radius 3 is 2.39 bits per heavy atom. The van der Waals surface area contributed by atoms with Crippen LogP contribution in [-0.2, 0) is 6.54 Å². The van der Waals surface area contributed by atoms with Gasteiger partial charge in [0.25, 0.3) is 5.91 Å². The molecule has 1 saturated heterocycles. The largest absolute Gasteiger partial charge is 0.493 e. The third kappa shape index (κ3) is 4.85. The molecule has 10 heteroatoms. The average Bonchev–Trinajstić information content (AvgIpc) is 3.22. The Hall–Kier alpha value is -2.52. The predicted molar refractivity (Wildman–Crippen MR) is 106 cm³/mol. The van der Waals surface area contributed by atoms with Crippen LogP contribution in [0.2, 0.25) is 0 Å². The van der Waals surface area contributed by atoms with Gasteiger partial charge >= 0.3 is 0 Å². The topological polar surface area (TPSA) is 99.5 Å². The molecular weight excluding hydrogens is 386 g/mol. The molecule has 154 valence electrons. The van der Waals surface area contributed by atoms with E-state index < -0.39 is 0 Å². The van der Waals surface area contributed by atoms with Crippen LogP contribution in [0, 0.1) is 0 Å². The smallest absolute Gasteiger partial charge is 0.273 e. The molecule has 0 aliphatic carbocycles. The molecule has 3 rings (SSSR count). The van der Waals surface area contributed by atoms with Gasteiger partial charge in [-0.25, -0.2) is 4.68 Å². The number of carbonyl (C=O) groups excluding carboxylic acids is 1. The number of amides is 1. The summed E-state index contributed by atoms with van der Waals surface area (Å²) < 4.78 is 17.8. The van der Waals surface area contributed by atoms with Gasteiger partial charge in [-0.05, 0) is 43.6 Å². The van der Waals surface area contributed by atoms with E-state index in [1.165, 1.54) is 0 Å². The Morgan fingerprint density at radius 2 is 1.82 bits per heavy atom. The maximum absolute atomic E-state index is 12.4. The van der Waals surface area contributed by atoms with Crippen molar-refractivity contribution >= 4 is 18.3 Å². The molecule has 0 unspecified atom stereocenters. The minimum absolute atomic E-state index is 0. The molecule has 0 bridgehead atoms. The fourth-order valence-corrected chi connectivity index (χ4v) is 3.14. The predicted octanol–water partition coefficient (Wildman–Crippen LogP) is 1.58. The van der Waals surface area contributed by atoms with Gasteiger partial charge in [-0.2, -0.15) is 0 Å². The summed E-state index contributed by atoms with van der Waals surface area (Å²) in [6, 6.07) is 3.89. The molecule has 1 amide bonds. The second-order valence-corrected chi connectivity index (χ2v) is 6.28. The summed E-state index contributed by atoms with van der Waals surface area (Å²) >= 11 is 0. The second-order valence-electron chi connectivity index (χ2n) is 6.28. The summed E-state index contributed by atoms with van der Waals surface area (Å²) in [6.45, 7) is 2.20. The number of piperidine rings is 1. The van der Waals surface area contributed by atoms with Crippen LogP contribution in [0.4, 0.5) is 0 Å². The summed E-state index contributed by atoms with van der Waals surface area (Å²) in [5, 5.41) is 14.3. The zero-order valence-electron chi connectivity index (χ0n) is 16.2. The number of aromatic nitrogens is 3. The normalized spacial score (nSPS) is 14.1. The molecule has 0 atom stereocenters. The van der Waals surface area contributed by atoms with Crippen LogP contribution < -0.4 is 24.8 Å². The fourth-order valence-electron chi connectivity index (χ4n) is 3.14. The van der Waals surface area contributed by atoms with E-state index in [-0.39, 0.29) is 24.4 Å². The summed E-state index contributed by atoms with van der Waals surface area (Å²) in [7, 11) is 4.66. The lowest BCUT2D eigenvalue weighted by Crippen LogP contribution is -2.29. The minimum Gasteiger partial charge on any atom is -0.493 e. The zero-order chi connectivity index (χ0) is 19.2. The number of nitrogens with one attached hydrogen (secondary N) is 2. The van der Waals surface area contributed by atoms with E-state index in [2.05, 4.69) is 20.9 Å². The van der Waals surface area contributed by atoms with Crippen LogP contribution in [0.5, 0.6) is 17.2 Å². The van der Waals surface area contributed by atoms with Crippen LogP contribution in [0.1, 0.15) is 34.9 Å². The van der Waals surface area contributed by atoms with Crippen LogP contribution >= 0.6 is 12.4 Å². The number of rotatable bonds is 7. The fraction of sp³-hybridized carbons (Fsp3) is 0.500. The van der Waals surface area contributed by atoms with Crippen molar-refractivity contribution in [3.8, 4) is 17.2 Å². The molecule has 1 aliphatic heterocycles. The first-order valence-electron chi connectivity index (χ1n) is 8.86. The third-order valence-corrected chi connectivity index (χ3v) is 4.60. The standard InChI is InChI=1S/C18H25N5O4.ClH/c1-25-15-8-12(9-16(26-2)17(15)27-3)10-20-18(24)14-11-23(22-21-14)13-4-6-19-7-5-13;/h8-9,11,13,19H,4-7,10H2,1-3H3,(H,20,24);1H. The molecule has 1 aliphatic rings. The van der Waals surface area contributed by atoms with Gasteiger partial charge in [-0.15, -0.1) is 17.5 Å². The Kier molecular flexibility index (Phi) is 7.89. The molecule has 28 heavy (non-hydrogen) atoms. The maximum Gasteiger partial charge on any atom is 0.273 e. The van der Waals surface area contributed by atoms with Gasteiger partial charge in [0.15, 0.2) is 17.2 Å².